The maximum atomic E-state index is 9.45. The van der Waals surface area contributed by atoms with E-state index in [0.29, 0.717) is 6.61 Å². The number of methoxy groups -OCH3 is 1. The van der Waals surface area contributed by atoms with E-state index < -0.39 is 6.10 Å². The molecule has 1 aromatic carbocycles. The molecule has 2 unspecified atom stereocenters. The molecule has 4 nitrogen and oxygen atoms in total. The molecule has 0 bridgehead atoms. The minimum atomic E-state index is -0.494. The molecule has 1 aromatic rings. The highest BCUT2D eigenvalue weighted by molar-refractivity contribution is 9.10. The summed E-state index contributed by atoms with van der Waals surface area (Å²) in [6.07, 6.45) is -0.720. The van der Waals surface area contributed by atoms with Crippen molar-refractivity contribution in [1.29, 1.82) is 0 Å². The third kappa shape index (κ3) is 5.91. The van der Waals surface area contributed by atoms with E-state index in [-0.39, 0.29) is 6.10 Å². The first-order valence-corrected chi connectivity index (χ1v) is 7.16. The molecular formula is C14H22BrNO3. The highest BCUT2D eigenvalue weighted by Crippen LogP contribution is 2.23. The second kappa shape index (κ2) is 8.53. The fraction of sp³-hybridized carbons (Fsp3) is 0.571. The van der Waals surface area contributed by atoms with Gasteiger partial charge >= 0.3 is 0 Å². The number of nitrogens with one attached hydrogen (secondary N) is 1. The molecule has 1 rings (SSSR count). The van der Waals surface area contributed by atoms with Crippen molar-refractivity contribution in [2.45, 2.75) is 32.6 Å². The quantitative estimate of drug-likeness (QED) is 0.718. The molecule has 0 aliphatic rings. The van der Waals surface area contributed by atoms with Crippen LogP contribution in [0, 0.1) is 0 Å². The van der Waals surface area contributed by atoms with E-state index >= 15 is 0 Å². The number of halogens is 1. The van der Waals surface area contributed by atoms with Crippen LogP contribution in [0.3, 0.4) is 0 Å². The van der Waals surface area contributed by atoms with Gasteiger partial charge in [-0.1, -0.05) is 15.9 Å². The maximum Gasteiger partial charge on any atom is 0.121 e. The van der Waals surface area contributed by atoms with Crippen molar-refractivity contribution in [3.63, 3.8) is 0 Å². The fourth-order valence-corrected chi connectivity index (χ4v) is 1.86. The van der Waals surface area contributed by atoms with Crippen molar-refractivity contribution in [2.24, 2.45) is 0 Å². The van der Waals surface area contributed by atoms with Crippen molar-refractivity contribution in [3.05, 3.63) is 28.2 Å². The van der Waals surface area contributed by atoms with E-state index in [1.165, 1.54) is 0 Å². The lowest BCUT2D eigenvalue weighted by Gasteiger charge is -2.18. The molecule has 0 amide bonds. The standard InChI is InChI=1S/C14H22BrNO3/c1-10(17)11(2)19-13-4-5-14(15)12(8-13)9-16-6-7-18-3/h4-5,8,10-11,16-17H,6-7,9H2,1-3H3. The van der Waals surface area contributed by atoms with Crippen LogP contribution in [0.5, 0.6) is 5.75 Å². The van der Waals surface area contributed by atoms with Gasteiger partial charge in [-0.05, 0) is 37.6 Å². The number of rotatable bonds is 8. The smallest absolute Gasteiger partial charge is 0.121 e. The van der Waals surface area contributed by atoms with Crippen molar-refractivity contribution in [3.8, 4) is 5.75 Å². The Hall–Kier alpha value is -0.620. The number of hydrogen-bond acceptors (Lipinski definition) is 4. The largest absolute Gasteiger partial charge is 0.488 e. The van der Waals surface area contributed by atoms with Gasteiger partial charge in [-0.15, -0.1) is 0 Å². The molecule has 108 valence electrons. The van der Waals surface area contributed by atoms with Crippen LogP contribution in [-0.4, -0.2) is 37.6 Å². The molecule has 2 atom stereocenters. The fourth-order valence-electron chi connectivity index (χ4n) is 1.47. The van der Waals surface area contributed by atoms with Crippen LogP contribution in [0.15, 0.2) is 22.7 Å². The molecule has 0 aliphatic carbocycles. The Morgan fingerprint density at radius 3 is 2.74 bits per heavy atom. The molecule has 0 aromatic heterocycles. The average Bonchev–Trinajstić information content (AvgIpc) is 2.38. The first-order valence-electron chi connectivity index (χ1n) is 6.37. The first-order chi connectivity index (χ1) is 9.04. The molecular weight excluding hydrogens is 310 g/mol. The highest BCUT2D eigenvalue weighted by Gasteiger charge is 2.11. The summed E-state index contributed by atoms with van der Waals surface area (Å²) in [7, 11) is 1.68. The molecule has 5 heteroatoms. The summed E-state index contributed by atoms with van der Waals surface area (Å²) < 4.78 is 11.7. The Balaban J connectivity index is 2.60. The number of benzene rings is 1. The van der Waals surface area contributed by atoms with E-state index in [1.807, 2.05) is 25.1 Å². The summed E-state index contributed by atoms with van der Waals surface area (Å²) in [6.45, 7) is 5.80. The van der Waals surface area contributed by atoms with Crippen LogP contribution < -0.4 is 10.1 Å². The van der Waals surface area contributed by atoms with Gasteiger partial charge < -0.3 is 19.9 Å². The minimum absolute atomic E-state index is 0.226. The van der Waals surface area contributed by atoms with Gasteiger partial charge in [0.2, 0.25) is 0 Å². The van der Waals surface area contributed by atoms with Crippen molar-refractivity contribution >= 4 is 15.9 Å². The van der Waals surface area contributed by atoms with E-state index in [2.05, 4.69) is 21.2 Å². The van der Waals surface area contributed by atoms with Gasteiger partial charge in [0.05, 0.1) is 12.7 Å². The Morgan fingerprint density at radius 1 is 1.37 bits per heavy atom. The lowest BCUT2D eigenvalue weighted by atomic mass is 10.2. The Labute approximate surface area is 123 Å². The predicted octanol–water partition coefficient (Wildman–Crippen LogP) is 2.33. The van der Waals surface area contributed by atoms with Crippen molar-refractivity contribution < 1.29 is 14.6 Å². The SMILES string of the molecule is COCCNCc1cc(OC(C)C(C)O)ccc1Br. The molecule has 0 fully saturated rings. The second-order valence-electron chi connectivity index (χ2n) is 4.49. The van der Waals surface area contributed by atoms with E-state index in [9.17, 15) is 5.11 Å². The Morgan fingerprint density at radius 2 is 2.11 bits per heavy atom. The summed E-state index contributed by atoms with van der Waals surface area (Å²) in [5.41, 5.74) is 1.12. The lowest BCUT2D eigenvalue weighted by molar-refractivity contribution is 0.0604. The van der Waals surface area contributed by atoms with Gasteiger partial charge in [0.1, 0.15) is 11.9 Å². The normalized spacial score (nSPS) is 14.2. The van der Waals surface area contributed by atoms with Gasteiger partial charge in [-0.3, -0.25) is 0 Å². The molecule has 2 N–H and O–H groups in total. The molecule has 0 heterocycles. The predicted molar refractivity (Wildman–Crippen MR) is 79.5 cm³/mol. The van der Waals surface area contributed by atoms with E-state index in [0.717, 1.165) is 28.9 Å². The van der Waals surface area contributed by atoms with Crippen molar-refractivity contribution in [1.82, 2.24) is 5.32 Å². The zero-order valence-corrected chi connectivity index (χ0v) is 13.2. The van der Waals surface area contributed by atoms with Crippen LogP contribution in [0.1, 0.15) is 19.4 Å². The maximum absolute atomic E-state index is 9.45. The molecule has 0 saturated carbocycles. The van der Waals surface area contributed by atoms with Gasteiger partial charge in [0.15, 0.2) is 0 Å². The summed E-state index contributed by atoms with van der Waals surface area (Å²) in [5.74, 6) is 0.764. The third-order valence-electron chi connectivity index (χ3n) is 2.82. The van der Waals surface area contributed by atoms with Crippen LogP contribution >= 0.6 is 15.9 Å². The monoisotopic (exact) mass is 331 g/mol. The van der Waals surface area contributed by atoms with Gasteiger partial charge in [-0.2, -0.15) is 0 Å². The third-order valence-corrected chi connectivity index (χ3v) is 3.59. The van der Waals surface area contributed by atoms with Crippen LogP contribution in [0.4, 0.5) is 0 Å². The van der Waals surface area contributed by atoms with Crippen molar-refractivity contribution in [2.75, 3.05) is 20.3 Å². The molecule has 0 spiro atoms. The molecule has 0 radical (unpaired) electrons. The van der Waals surface area contributed by atoms with Gasteiger partial charge in [-0.25, -0.2) is 0 Å². The minimum Gasteiger partial charge on any atom is -0.488 e. The first kappa shape index (κ1) is 16.4. The number of aliphatic hydroxyl groups excluding tert-OH is 1. The van der Waals surface area contributed by atoms with Crippen LogP contribution in [-0.2, 0) is 11.3 Å². The second-order valence-corrected chi connectivity index (χ2v) is 5.34. The summed E-state index contributed by atoms with van der Waals surface area (Å²) in [4.78, 5) is 0. The van der Waals surface area contributed by atoms with E-state index in [1.54, 1.807) is 14.0 Å². The number of hydrogen-bond donors (Lipinski definition) is 2. The zero-order valence-electron chi connectivity index (χ0n) is 11.6. The molecule has 19 heavy (non-hydrogen) atoms. The highest BCUT2D eigenvalue weighted by atomic mass is 79.9. The van der Waals surface area contributed by atoms with Crippen LogP contribution in [0.25, 0.3) is 0 Å². The topological polar surface area (TPSA) is 50.7 Å². The summed E-state index contributed by atoms with van der Waals surface area (Å²) in [6, 6.07) is 5.82. The van der Waals surface area contributed by atoms with E-state index in [4.69, 9.17) is 9.47 Å². The van der Waals surface area contributed by atoms with Gasteiger partial charge in [0.25, 0.3) is 0 Å². The Kier molecular flexibility index (Phi) is 7.38. The Bertz CT molecular complexity index is 385. The number of aliphatic hydroxyl groups is 1. The molecule has 0 aliphatic heterocycles. The number of ether oxygens (including phenoxy) is 2. The van der Waals surface area contributed by atoms with Gasteiger partial charge in [0, 0.05) is 24.7 Å². The summed E-state index contributed by atoms with van der Waals surface area (Å²) in [5, 5.41) is 12.7. The molecule has 0 saturated heterocycles. The lowest BCUT2D eigenvalue weighted by Crippen LogP contribution is -2.25. The van der Waals surface area contributed by atoms with Crippen LogP contribution in [0.2, 0.25) is 0 Å². The summed E-state index contributed by atoms with van der Waals surface area (Å²) >= 11 is 3.52. The average molecular weight is 332 g/mol. The zero-order chi connectivity index (χ0) is 14.3.